The first-order valence-electron chi connectivity index (χ1n) is 7.07. The van der Waals surface area contributed by atoms with Gasteiger partial charge in [0.25, 0.3) is 0 Å². The lowest BCUT2D eigenvalue weighted by Gasteiger charge is -2.46. The minimum absolute atomic E-state index is 0.561. The lowest BCUT2D eigenvalue weighted by molar-refractivity contribution is 0.0411. The highest BCUT2D eigenvalue weighted by Gasteiger charge is 2.33. The monoisotopic (exact) mass is 224 g/mol. The number of piperidine rings is 2. The average molecular weight is 224 g/mol. The molecular formula is C14H28N2. The molecule has 0 radical (unpaired) electrons. The molecule has 0 amide bonds. The van der Waals surface area contributed by atoms with Crippen LogP contribution < -0.4 is 5.32 Å². The molecular weight excluding hydrogens is 196 g/mol. The molecule has 0 saturated carbocycles. The maximum atomic E-state index is 3.48. The van der Waals surface area contributed by atoms with Crippen molar-refractivity contribution in [1.82, 2.24) is 10.2 Å². The van der Waals surface area contributed by atoms with E-state index in [1.807, 2.05) is 0 Å². The van der Waals surface area contributed by atoms with Crippen LogP contribution in [0.3, 0.4) is 0 Å². The van der Waals surface area contributed by atoms with E-state index in [1.54, 1.807) is 0 Å². The smallest absolute Gasteiger partial charge is 0.00699 e. The molecule has 0 bridgehead atoms. The second kappa shape index (κ2) is 5.05. The van der Waals surface area contributed by atoms with Gasteiger partial charge in [0, 0.05) is 18.6 Å². The maximum absolute atomic E-state index is 3.48. The fraction of sp³-hybridized carbons (Fsp3) is 1.00. The standard InChI is InChI=1S/C14H28N2/c1-12-5-4-6-13(2)16(12)11-14(3)7-9-15-10-8-14/h12-13,15H,4-11H2,1-3H3/t12-,13+. The first kappa shape index (κ1) is 12.4. The average Bonchev–Trinajstić information content (AvgIpc) is 2.25. The topological polar surface area (TPSA) is 15.3 Å². The van der Waals surface area contributed by atoms with Crippen LogP contribution in [0, 0.1) is 5.41 Å². The van der Waals surface area contributed by atoms with Crippen LogP contribution in [-0.4, -0.2) is 36.6 Å². The van der Waals surface area contributed by atoms with E-state index in [0.29, 0.717) is 5.41 Å². The summed E-state index contributed by atoms with van der Waals surface area (Å²) in [5.74, 6) is 0. The summed E-state index contributed by atoms with van der Waals surface area (Å²) in [5, 5.41) is 3.48. The molecule has 2 heteroatoms. The summed E-state index contributed by atoms with van der Waals surface area (Å²) in [6.45, 7) is 11.1. The number of hydrogen-bond donors (Lipinski definition) is 1. The summed E-state index contributed by atoms with van der Waals surface area (Å²) >= 11 is 0. The minimum Gasteiger partial charge on any atom is -0.317 e. The number of rotatable bonds is 2. The molecule has 0 spiro atoms. The van der Waals surface area contributed by atoms with Crippen molar-refractivity contribution in [1.29, 1.82) is 0 Å². The Morgan fingerprint density at radius 1 is 1.12 bits per heavy atom. The van der Waals surface area contributed by atoms with Gasteiger partial charge in [-0.3, -0.25) is 4.90 Å². The van der Waals surface area contributed by atoms with E-state index in [0.717, 1.165) is 12.1 Å². The maximum Gasteiger partial charge on any atom is 0.00699 e. The van der Waals surface area contributed by atoms with E-state index >= 15 is 0 Å². The zero-order chi connectivity index (χ0) is 11.6. The van der Waals surface area contributed by atoms with Crippen molar-refractivity contribution >= 4 is 0 Å². The first-order chi connectivity index (χ1) is 7.61. The molecule has 16 heavy (non-hydrogen) atoms. The van der Waals surface area contributed by atoms with E-state index in [2.05, 4.69) is 31.0 Å². The predicted molar refractivity (Wildman–Crippen MR) is 69.7 cm³/mol. The van der Waals surface area contributed by atoms with Gasteiger partial charge in [-0.1, -0.05) is 13.3 Å². The van der Waals surface area contributed by atoms with Crippen LogP contribution in [0.4, 0.5) is 0 Å². The summed E-state index contributed by atoms with van der Waals surface area (Å²) in [7, 11) is 0. The Morgan fingerprint density at radius 3 is 2.25 bits per heavy atom. The van der Waals surface area contributed by atoms with Gasteiger partial charge in [0.15, 0.2) is 0 Å². The Morgan fingerprint density at radius 2 is 1.69 bits per heavy atom. The molecule has 1 N–H and O–H groups in total. The highest BCUT2D eigenvalue weighted by atomic mass is 15.2. The van der Waals surface area contributed by atoms with Gasteiger partial charge in [-0.15, -0.1) is 0 Å². The summed E-state index contributed by atoms with van der Waals surface area (Å²) < 4.78 is 0. The van der Waals surface area contributed by atoms with Gasteiger partial charge in [0.05, 0.1) is 0 Å². The second-order valence-corrected chi connectivity index (χ2v) is 6.36. The lowest BCUT2D eigenvalue weighted by Crippen LogP contribution is -2.50. The van der Waals surface area contributed by atoms with E-state index in [1.165, 1.54) is 51.7 Å². The summed E-state index contributed by atoms with van der Waals surface area (Å²) in [6.07, 6.45) is 6.93. The molecule has 0 aromatic carbocycles. The third-order valence-corrected chi connectivity index (χ3v) is 4.75. The third-order valence-electron chi connectivity index (χ3n) is 4.75. The van der Waals surface area contributed by atoms with Gasteiger partial charge in [0.1, 0.15) is 0 Å². The summed E-state index contributed by atoms with van der Waals surface area (Å²) in [6, 6.07) is 1.60. The van der Waals surface area contributed by atoms with Gasteiger partial charge < -0.3 is 5.32 Å². The molecule has 2 aliphatic rings. The molecule has 94 valence electrons. The quantitative estimate of drug-likeness (QED) is 0.776. The highest BCUT2D eigenvalue weighted by molar-refractivity contribution is 4.88. The number of likely N-dealkylation sites (tertiary alicyclic amines) is 1. The Balaban J connectivity index is 1.95. The van der Waals surface area contributed by atoms with Crippen LogP contribution in [-0.2, 0) is 0 Å². The van der Waals surface area contributed by atoms with Crippen molar-refractivity contribution < 1.29 is 0 Å². The van der Waals surface area contributed by atoms with Crippen LogP contribution >= 0.6 is 0 Å². The summed E-state index contributed by atoms with van der Waals surface area (Å²) in [5.41, 5.74) is 0.561. The van der Waals surface area contributed by atoms with Gasteiger partial charge in [-0.25, -0.2) is 0 Å². The van der Waals surface area contributed by atoms with Gasteiger partial charge in [0.2, 0.25) is 0 Å². The van der Waals surface area contributed by atoms with Crippen molar-refractivity contribution in [2.75, 3.05) is 19.6 Å². The highest BCUT2D eigenvalue weighted by Crippen LogP contribution is 2.33. The van der Waals surface area contributed by atoms with E-state index < -0.39 is 0 Å². The van der Waals surface area contributed by atoms with Crippen molar-refractivity contribution in [3.8, 4) is 0 Å². The van der Waals surface area contributed by atoms with Gasteiger partial charge in [-0.2, -0.15) is 0 Å². The van der Waals surface area contributed by atoms with Crippen LogP contribution in [0.5, 0.6) is 0 Å². The molecule has 2 nitrogen and oxygen atoms in total. The molecule has 2 aliphatic heterocycles. The SMILES string of the molecule is C[C@@H]1CCC[C@H](C)N1CC1(C)CCNCC1. The summed E-state index contributed by atoms with van der Waals surface area (Å²) in [4.78, 5) is 2.77. The fourth-order valence-corrected chi connectivity index (χ4v) is 3.42. The largest absolute Gasteiger partial charge is 0.317 e. The molecule has 2 saturated heterocycles. The van der Waals surface area contributed by atoms with Crippen LogP contribution in [0.1, 0.15) is 52.9 Å². The zero-order valence-electron chi connectivity index (χ0n) is 11.3. The minimum atomic E-state index is 0.561. The Hall–Kier alpha value is -0.0800. The molecule has 0 aromatic rings. The Bertz CT molecular complexity index is 211. The van der Waals surface area contributed by atoms with Crippen LogP contribution in [0.2, 0.25) is 0 Å². The molecule has 0 aliphatic carbocycles. The molecule has 2 heterocycles. The van der Waals surface area contributed by atoms with Crippen molar-refractivity contribution in [2.24, 2.45) is 5.41 Å². The zero-order valence-corrected chi connectivity index (χ0v) is 11.3. The third kappa shape index (κ3) is 2.78. The predicted octanol–water partition coefficient (Wildman–Crippen LogP) is 2.64. The molecule has 0 aromatic heterocycles. The van der Waals surface area contributed by atoms with E-state index in [4.69, 9.17) is 0 Å². The first-order valence-corrected chi connectivity index (χ1v) is 7.07. The van der Waals surface area contributed by atoms with E-state index in [-0.39, 0.29) is 0 Å². The van der Waals surface area contributed by atoms with Crippen LogP contribution in [0.15, 0.2) is 0 Å². The van der Waals surface area contributed by atoms with Crippen molar-refractivity contribution in [3.05, 3.63) is 0 Å². The Kier molecular flexibility index (Phi) is 3.91. The number of nitrogens with zero attached hydrogens (tertiary/aromatic N) is 1. The second-order valence-electron chi connectivity index (χ2n) is 6.36. The lowest BCUT2D eigenvalue weighted by atomic mass is 9.79. The molecule has 2 fully saturated rings. The normalized spacial score (nSPS) is 36.2. The fourth-order valence-electron chi connectivity index (χ4n) is 3.42. The number of hydrogen-bond acceptors (Lipinski definition) is 2. The Labute approximate surface area is 101 Å². The number of nitrogens with one attached hydrogen (secondary N) is 1. The van der Waals surface area contributed by atoms with Crippen molar-refractivity contribution in [3.63, 3.8) is 0 Å². The van der Waals surface area contributed by atoms with Crippen LogP contribution in [0.25, 0.3) is 0 Å². The molecule has 2 atom stereocenters. The molecule has 2 rings (SSSR count). The van der Waals surface area contributed by atoms with Crippen molar-refractivity contribution in [2.45, 2.75) is 65.0 Å². The molecule has 0 unspecified atom stereocenters. The van der Waals surface area contributed by atoms with E-state index in [9.17, 15) is 0 Å². The van der Waals surface area contributed by atoms with Gasteiger partial charge >= 0.3 is 0 Å². The van der Waals surface area contributed by atoms with Gasteiger partial charge in [-0.05, 0) is 58.0 Å².